The van der Waals surface area contributed by atoms with Crippen molar-refractivity contribution in [2.24, 2.45) is 11.7 Å². The molecule has 0 aliphatic heterocycles. The molecule has 0 aromatic rings. The Bertz CT molecular complexity index is 134. The molecule has 0 amide bonds. The summed E-state index contributed by atoms with van der Waals surface area (Å²) in [7, 11) is 0. The summed E-state index contributed by atoms with van der Waals surface area (Å²) in [5, 5.41) is 8.57. The minimum absolute atomic E-state index is 0.401. The SMILES string of the molecule is C=CC(CCCCN)C(=O)O. The molecular weight excluding hydrogens is 142 g/mol. The monoisotopic (exact) mass is 157 g/mol. The first-order valence-corrected chi connectivity index (χ1v) is 3.77. The summed E-state index contributed by atoms with van der Waals surface area (Å²) >= 11 is 0. The van der Waals surface area contributed by atoms with Crippen LogP contribution in [-0.4, -0.2) is 17.6 Å². The van der Waals surface area contributed by atoms with Crippen molar-refractivity contribution in [3.8, 4) is 0 Å². The second kappa shape index (κ2) is 5.92. The highest BCUT2D eigenvalue weighted by atomic mass is 16.4. The van der Waals surface area contributed by atoms with Crippen LogP contribution in [0.25, 0.3) is 0 Å². The van der Waals surface area contributed by atoms with Gasteiger partial charge in [-0.2, -0.15) is 0 Å². The number of carboxylic acid groups (broad SMARTS) is 1. The standard InChI is InChI=1S/C8H15NO2/c1-2-7(8(10)11)5-3-4-6-9/h2,7H,1,3-6,9H2,(H,10,11). The molecule has 0 rings (SSSR count). The molecule has 11 heavy (non-hydrogen) atoms. The highest BCUT2D eigenvalue weighted by Crippen LogP contribution is 2.08. The summed E-state index contributed by atoms with van der Waals surface area (Å²) in [6.45, 7) is 4.08. The lowest BCUT2D eigenvalue weighted by Gasteiger charge is -2.04. The summed E-state index contributed by atoms with van der Waals surface area (Å²) in [6.07, 6.45) is 3.87. The van der Waals surface area contributed by atoms with E-state index in [0.29, 0.717) is 13.0 Å². The highest BCUT2D eigenvalue weighted by molar-refractivity contribution is 5.71. The number of carboxylic acids is 1. The van der Waals surface area contributed by atoms with Crippen LogP contribution in [0.2, 0.25) is 0 Å². The molecule has 0 saturated carbocycles. The van der Waals surface area contributed by atoms with Gasteiger partial charge in [-0.1, -0.05) is 12.5 Å². The highest BCUT2D eigenvalue weighted by Gasteiger charge is 2.11. The molecule has 0 aliphatic carbocycles. The van der Waals surface area contributed by atoms with Crippen molar-refractivity contribution in [1.29, 1.82) is 0 Å². The Balaban J connectivity index is 3.52. The van der Waals surface area contributed by atoms with Crippen LogP contribution >= 0.6 is 0 Å². The average Bonchev–Trinajstić information content (AvgIpc) is 1.97. The molecule has 0 aromatic heterocycles. The fourth-order valence-electron chi connectivity index (χ4n) is 0.851. The molecule has 0 heterocycles. The third kappa shape index (κ3) is 4.56. The molecular formula is C8H15NO2. The van der Waals surface area contributed by atoms with Gasteiger partial charge in [0.05, 0.1) is 5.92 Å². The van der Waals surface area contributed by atoms with Gasteiger partial charge < -0.3 is 10.8 Å². The summed E-state index contributed by atoms with van der Waals surface area (Å²) in [5.74, 6) is -1.20. The molecule has 0 fully saturated rings. The molecule has 0 aromatic carbocycles. The third-order valence-corrected chi connectivity index (χ3v) is 1.57. The van der Waals surface area contributed by atoms with Crippen LogP contribution in [0.4, 0.5) is 0 Å². The number of aliphatic carboxylic acids is 1. The Hall–Kier alpha value is -0.830. The smallest absolute Gasteiger partial charge is 0.310 e. The fourth-order valence-corrected chi connectivity index (χ4v) is 0.851. The number of carbonyl (C=O) groups is 1. The fraction of sp³-hybridized carbons (Fsp3) is 0.625. The summed E-state index contributed by atoms with van der Waals surface area (Å²) in [5.41, 5.74) is 5.26. The van der Waals surface area contributed by atoms with Gasteiger partial charge in [-0.25, -0.2) is 0 Å². The largest absolute Gasteiger partial charge is 0.481 e. The van der Waals surface area contributed by atoms with Crippen LogP contribution in [0.3, 0.4) is 0 Å². The van der Waals surface area contributed by atoms with E-state index in [1.807, 2.05) is 0 Å². The van der Waals surface area contributed by atoms with Crippen molar-refractivity contribution in [2.45, 2.75) is 19.3 Å². The molecule has 0 saturated heterocycles. The quantitative estimate of drug-likeness (QED) is 0.446. The predicted molar refractivity (Wildman–Crippen MR) is 44.2 cm³/mol. The van der Waals surface area contributed by atoms with Crippen molar-refractivity contribution in [3.63, 3.8) is 0 Å². The molecule has 1 atom stereocenters. The van der Waals surface area contributed by atoms with E-state index in [4.69, 9.17) is 10.8 Å². The van der Waals surface area contributed by atoms with E-state index in [1.54, 1.807) is 0 Å². The lowest BCUT2D eigenvalue weighted by molar-refractivity contribution is -0.140. The summed E-state index contributed by atoms with van der Waals surface area (Å²) in [6, 6.07) is 0. The second-order valence-corrected chi connectivity index (χ2v) is 2.46. The van der Waals surface area contributed by atoms with Crippen LogP contribution in [0.1, 0.15) is 19.3 Å². The molecule has 3 N–H and O–H groups in total. The Morgan fingerprint density at radius 3 is 2.64 bits per heavy atom. The number of unbranched alkanes of at least 4 members (excludes halogenated alkanes) is 1. The lowest BCUT2D eigenvalue weighted by atomic mass is 10.0. The maximum Gasteiger partial charge on any atom is 0.310 e. The number of hydrogen-bond donors (Lipinski definition) is 2. The van der Waals surface area contributed by atoms with E-state index in [0.717, 1.165) is 12.8 Å². The summed E-state index contributed by atoms with van der Waals surface area (Å²) < 4.78 is 0. The molecule has 0 bridgehead atoms. The molecule has 0 aliphatic rings. The van der Waals surface area contributed by atoms with E-state index < -0.39 is 11.9 Å². The normalized spacial score (nSPS) is 12.5. The van der Waals surface area contributed by atoms with E-state index in [9.17, 15) is 4.79 Å². The zero-order chi connectivity index (χ0) is 8.69. The van der Waals surface area contributed by atoms with Gasteiger partial charge in [0.15, 0.2) is 0 Å². The lowest BCUT2D eigenvalue weighted by Crippen LogP contribution is -2.11. The van der Waals surface area contributed by atoms with Gasteiger partial charge in [0, 0.05) is 0 Å². The predicted octanol–water partition coefficient (Wildman–Crippen LogP) is 1.00. The van der Waals surface area contributed by atoms with Crippen LogP contribution in [0.15, 0.2) is 12.7 Å². The number of rotatable bonds is 6. The first-order valence-electron chi connectivity index (χ1n) is 3.77. The van der Waals surface area contributed by atoms with Gasteiger partial charge in [0.25, 0.3) is 0 Å². The van der Waals surface area contributed by atoms with E-state index in [-0.39, 0.29) is 0 Å². The van der Waals surface area contributed by atoms with Gasteiger partial charge in [-0.05, 0) is 19.4 Å². The third-order valence-electron chi connectivity index (χ3n) is 1.57. The average molecular weight is 157 g/mol. The van der Waals surface area contributed by atoms with Crippen molar-refractivity contribution < 1.29 is 9.90 Å². The number of hydrogen-bond acceptors (Lipinski definition) is 2. The first-order chi connectivity index (χ1) is 5.22. The molecule has 1 unspecified atom stereocenters. The minimum atomic E-state index is -0.794. The van der Waals surface area contributed by atoms with Gasteiger partial charge in [-0.3, -0.25) is 4.79 Å². The minimum Gasteiger partial charge on any atom is -0.481 e. The van der Waals surface area contributed by atoms with Crippen LogP contribution < -0.4 is 5.73 Å². The number of nitrogens with two attached hydrogens (primary N) is 1. The zero-order valence-electron chi connectivity index (χ0n) is 6.62. The van der Waals surface area contributed by atoms with E-state index in [2.05, 4.69) is 6.58 Å². The maximum absolute atomic E-state index is 10.4. The van der Waals surface area contributed by atoms with Crippen molar-refractivity contribution in [2.75, 3.05) is 6.54 Å². The van der Waals surface area contributed by atoms with Gasteiger partial charge in [0.2, 0.25) is 0 Å². The van der Waals surface area contributed by atoms with Crippen LogP contribution in [0, 0.1) is 5.92 Å². The van der Waals surface area contributed by atoms with Gasteiger partial charge in [-0.15, -0.1) is 6.58 Å². The first kappa shape index (κ1) is 10.2. The molecule has 3 heteroatoms. The topological polar surface area (TPSA) is 63.3 Å². The zero-order valence-corrected chi connectivity index (χ0v) is 6.62. The van der Waals surface area contributed by atoms with Crippen LogP contribution in [-0.2, 0) is 4.79 Å². The molecule has 64 valence electrons. The molecule has 0 spiro atoms. The Morgan fingerprint density at radius 1 is 1.64 bits per heavy atom. The van der Waals surface area contributed by atoms with Gasteiger partial charge >= 0.3 is 5.97 Å². The Labute approximate surface area is 66.9 Å². The molecule has 0 radical (unpaired) electrons. The van der Waals surface area contributed by atoms with Crippen LogP contribution in [0.5, 0.6) is 0 Å². The maximum atomic E-state index is 10.4. The van der Waals surface area contributed by atoms with Crippen molar-refractivity contribution in [3.05, 3.63) is 12.7 Å². The summed E-state index contributed by atoms with van der Waals surface area (Å²) in [4.78, 5) is 10.4. The van der Waals surface area contributed by atoms with Crippen molar-refractivity contribution in [1.82, 2.24) is 0 Å². The molecule has 3 nitrogen and oxygen atoms in total. The van der Waals surface area contributed by atoms with Crippen molar-refractivity contribution >= 4 is 5.97 Å². The van der Waals surface area contributed by atoms with E-state index in [1.165, 1.54) is 6.08 Å². The van der Waals surface area contributed by atoms with E-state index >= 15 is 0 Å². The second-order valence-electron chi connectivity index (χ2n) is 2.46. The van der Waals surface area contributed by atoms with Gasteiger partial charge in [0.1, 0.15) is 0 Å². The Kier molecular flexibility index (Phi) is 5.47. The Morgan fingerprint density at radius 2 is 2.27 bits per heavy atom.